The number of aromatic nitrogens is 2. The van der Waals surface area contributed by atoms with Gasteiger partial charge in [0.1, 0.15) is 0 Å². The predicted molar refractivity (Wildman–Crippen MR) is 56.4 cm³/mol. The molecule has 1 aromatic rings. The van der Waals surface area contributed by atoms with Crippen molar-refractivity contribution in [1.29, 1.82) is 0 Å². The molecule has 0 bridgehead atoms. The first-order valence-corrected chi connectivity index (χ1v) is 4.78. The van der Waals surface area contributed by atoms with Gasteiger partial charge in [0.15, 0.2) is 0 Å². The quantitative estimate of drug-likeness (QED) is 0.706. The van der Waals surface area contributed by atoms with E-state index in [9.17, 15) is 4.79 Å². The molecule has 0 radical (unpaired) electrons. The van der Waals surface area contributed by atoms with Crippen molar-refractivity contribution in [1.82, 2.24) is 10.2 Å². The van der Waals surface area contributed by atoms with Crippen molar-refractivity contribution < 1.29 is 9.21 Å². The highest BCUT2D eigenvalue weighted by molar-refractivity contribution is 5.92. The van der Waals surface area contributed by atoms with E-state index in [1.807, 2.05) is 13.8 Å². The Morgan fingerprint density at radius 3 is 2.67 bits per heavy atom. The van der Waals surface area contributed by atoms with Gasteiger partial charge < -0.3 is 4.42 Å². The molecule has 0 aliphatic heterocycles. The summed E-state index contributed by atoms with van der Waals surface area (Å²) in [4.78, 5) is 13.2. The highest BCUT2D eigenvalue weighted by Gasteiger charge is 2.22. The van der Waals surface area contributed by atoms with Gasteiger partial charge in [-0.05, 0) is 0 Å². The lowest BCUT2D eigenvalue weighted by Gasteiger charge is -2.18. The van der Waals surface area contributed by atoms with E-state index in [2.05, 4.69) is 16.8 Å². The van der Waals surface area contributed by atoms with Crippen LogP contribution in [0.1, 0.15) is 19.7 Å². The lowest BCUT2D eigenvalue weighted by Crippen LogP contribution is -2.34. The Labute approximate surface area is 88.8 Å². The van der Waals surface area contributed by atoms with E-state index in [4.69, 9.17) is 4.42 Å². The second kappa shape index (κ2) is 4.72. The van der Waals surface area contributed by atoms with Crippen molar-refractivity contribution in [3.63, 3.8) is 0 Å². The van der Waals surface area contributed by atoms with Crippen LogP contribution in [-0.4, -0.2) is 22.6 Å². The van der Waals surface area contributed by atoms with E-state index in [0.717, 1.165) is 0 Å². The summed E-state index contributed by atoms with van der Waals surface area (Å²) in [5, 5.41) is 7.50. The number of hydrogen-bond donors (Lipinski definition) is 0. The number of carbonyl (C=O) groups is 1. The molecule has 82 valence electrons. The zero-order valence-electron chi connectivity index (χ0n) is 9.23. The summed E-state index contributed by atoms with van der Waals surface area (Å²) >= 11 is 0. The van der Waals surface area contributed by atoms with Gasteiger partial charge in [0.25, 0.3) is 0 Å². The van der Waals surface area contributed by atoms with Gasteiger partial charge >= 0.3 is 6.01 Å². The van der Waals surface area contributed by atoms with E-state index >= 15 is 0 Å². The number of hydrogen-bond acceptors (Lipinski definition) is 4. The van der Waals surface area contributed by atoms with Crippen molar-refractivity contribution in [2.45, 2.75) is 20.8 Å². The van der Waals surface area contributed by atoms with Crippen LogP contribution in [0, 0.1) is 12.8 Å². The third kappa shape index (κ3) is 2.65. The molecule has 0 saturated carbocycles. The summed E-state index contributed by atoms with van der Waals surface area (Å²) < 4.78 is 5.20. The highest BCUT2D eigenvalue weighted by atomic mass is 16.4. The number of amides is 1. The van der Waals surface area contributed by atoms with Crippen molar-refractivity contribution >= 4 is 11.9 Å². The fraction of sp³-hybridized carbons (Fsp3) is 0.500. The van der Waals surface area contributed by atoms with E-state index in [1.165, 1.54) is 4.90 Å². The van der Waals surface area contributed by atoms with Crippen molar-refractivity contribution in [3.8, 4) is 0 Å². The van der Waals surface area contributed by atoms with E-state index in [0.29, 0.717) is 12.4 Å². The molecule has 1 aromatic heterocycles. The smallest absolute Gasteiger partial charge is 0.325 e. The summed E-state index contributed by atoms with van der Waals surface area (Å²) in [5.41, 5.74) is 0. The molecule has 0 atom stereocenters. The lowest BCUT2D eigenvalue weighted by molar-refractivity contribution is -0.121. The largest absolute Gasteiger partial charge is 0.408 e. The molecule has 0 spiro atoms. The number of anilines is 1. The topological polar surface area (TPSA) is 59.2 Å². The standard InChI is InChI=1S/C10H15N3O2/c1-5-6-13(9(14)7(2)3)10-12-11-8(4)15-10/h5,7H,1,6H2,2-4H3. The maximum atomic E-state index is 11.8. The Bertz CT molecular complexity index is 357. The summed E-state index contributed by atoms with van der Waals surface area (Å²) in [6.07, 6.45) is 1.62. The van der Waals surface area contributed by atoms with Crippen LogP contribution in [-0.2, 0) is 4.79 Å². The Hall–Kier alpha value is -1.65. The SMILES string of the molecule is C=CCN(C(=O)C(C)C)c1nnc(C)o1. The van der Waals surface area contributed by atoms with Crippen LogP contribution in [0.2, 0.25) is 0 Å². The second-order valence-corrected chi connectivity index (χ2v) is 3.50. The van der Waals surface area contributed by atoms with Crippen molar-refractivity contribution in [2.75, 3.05) is 11.4 Å². The minimum atomic E-state index is -0.114. The first-order valence-electron chi connectivity index (χ1n) is 4.78. The zero-order chi connectivity index (χ0) is 11.4. The monoisotopic (exact) mass is 209 g/mol. The molecule has 1 amide bonds. The Morgan fingerprint density at radius 1 is 1.60 bits per heavy atom. The van der Waals surface area contributed by atoms with Gasteiger partial charge in [-0.2, -0.15) is 0 Å². The summed E-state index contributed by atoms with van der Waals surface area (Å²) in [6.45, 7) is 9.29. The van der Waals surface area contributed by atoms with Crippen molar-refractivity contribution in [2.24, 2.45) is 5.92 Å². The van der Waals surface area contributed by atoms with Gasteiger partial charge in [-0.3, -0.25) is 9.69 Å². The minimum absolute atomic E-state index is 0.0569. The third-order valence-electron chi connectivity index (χ3n) is 1.82. The molecular formula is C10H15N3O2. The van der Waals surface area contributed by atoms with Crippen LogP contribution in [0.25, 0.3) is 0 Å². The van der Waals surface area contributed by atoms with Crippen LogP contribution in [0.4, 0.5) is 6.01 Å². The number of nitrogens with zero attached hydrogens (tertiary/aromatic N) is 3. The average Bonchev–Trinajstić information content (AvgIpc) is 2.60. The van der Waals surface area contributed by atoms with Gasteiger partial charge in [0, 0.05) is 19.4 Å². The van der Waals surface area contributed by atoms with E-state index < -0.39 is 0 Å². The maximum absolute atomic E-state index is 11.8. The van der Waals surface area contributed by atoms with Gasteiger partial charge in [0.05, 0.1) is 0 Å². The molecule has 5 nitrogen and oxygen atoms in total. The molecule has 1 heterocycles. The van der Waals surface area contributed by atoms with E-state index in [1.54, 1.807) is 13.0 Å². The fourth-order valence-electron chi connectivity index (χ4n) is 1.10. The molecule has 5 heteroatoms. The normalized spacial score (nSPS) is 10.4. The van der Waals surface area contributed by atoms with Gasteiger partial charge in [0.2, 0.25) is 11.8 Å². The fourth-order valence-corrected chi connectivity index (χ4v) is 1.10. The van der Waals surface area contributed by atoms with Crippen LogP contribution < -0.4 is 4.90 Å². The van der Waals surface area contributed by atoms with Gasteiger partial charge in [-0.1, -0.05) is 25.0 Å². The number of rotatable bonds is 4. The molecule has 0 unspecified atom stereocenters. The average molecular weight is 209 g/mol. The van der Waals surface area contributed by atoms with Crippen LogP contribution >= 0.6 is 0 Å². The second-order valence-electron chi connectivity index (χ2n) is 3.50. The zero-order valence-corrected chi connectivity index (χ0v) is 9.23. The summed E-state index contributed by atoms with van der Waals surface area (Å²) in [5.74, 6) is 0.270. The Kier molecular flexibility index (Phi) is 3.60. The van der Waals surface area contributed by atoms with E-state index in [-0.39, 0.29) is 17.8 Å². The Morgan fingerprint density at radius 2 is 2.27 bits per heavy atom. The molecule has 0 N–H and O–H groups in total. The van der Waals surface area contributed by atoms with Crippen molar-refractivity contribution in [3.05, 3.63) is 18.5 Å². The summed E-state index contributed by atoms with van der Waals surface area (Å²) in [6, 6.07) is 0.228. The molecule has 0 fully saturated rings. The molecule has 0 aliphatic carbocycles. The maximum Gasteiger partial charge on any atom is 0.325 e. The number of carbonyl (C=O) groups excluding carboxylic acids is 1. The minimum Gasteiger partial charge on any atom is -0.408 e. The summed E-state index contributed by atoms with van der Waals surface area (Å²) in [7, 11) is 0. The lowest BCUT2D eigenvalue weighted by atomic mass is 10.2. The molecule has 0 saturated heterocycles. The molecule has 0 aromatic carbocycles. The molecule has 15 heavy (non-hydrogen) atoms. The first kappa shape index (κ1) is 11.4. The molecule has 1 rings (SSSR count). The highest BCUT2D eigenvalue weighted by Crippen LogP contribution is 2.14. The van der Waals surface area contributed by atoms with Crippen LogP contribution in [0.5, 0.6) is 0 Å². The Balaban J connectivity index is 2.92. The van der Waals surface area contributed by atoms with Crippen LogP contribution in [0.15, 0.2) is 17.1 Å². The molecule has 0 aliphatic rings. The van der Waals surface area contributed by atoms with Gasteiger partial charge in [-0.25, -0.2) is 0 Å². The molecular weight excluding hydrogens is 194 g/mol. The predicted octanol–water partition coefficient (Wildman–Crippen LogP) is 1.55. The van der Waals surface area contributed by atoms with Crippen LogP contribution in [0.3, 0.4) is 0 Å². The third-order valence-corrected chi connectivity index (χ3v) is 1.82. The number of aryl methyl sites for hydroxylation is 1. The first-order chi connectivity index (χ1) is 7.06. The van der Waals surface area contributed by atoms with Gasteiger partial charge in [-0.15, -0.1) is 11.7 Å².